The molecular weight excluding hydrogens is 452 g/mol. The Kier molecular flexibility index (Phi) is 5.38. The maximum atomic E-state index is 5.22. The van der Waals surface area contributed by atoms with Crippen LogP contribution in [-0.4, -0.2) is 34.2 Å². The van der Waals surface area contributed by atoms with Crippen LogP contribution in [0.2, 0.25) is 0 Å². The number of nitrogens with one attached hydrogen (secondary N) is 4. The number of hydrogen-bond acceptors (Lipinski definition) is 6. The van der Waals surface area contributed by atoms with E-state index in [1.54, 1.807) is 14.2 Å². The van der Waals surface area contributed by atoms with Crippen molar-refractivity contribution in [3.8, 4) is 22.6 Å². The molecule has 0 unspecified atom stereocenters. The number of methoxy groups -OCH3 is 2. The summed E-state index contributed by atoms with van der Waals surface area (Å²) in [5.41, 5.74) is 7.72. The Morgan fingerprint density at radius 2 is 0.972 bits per heavy atom. The highest BCUT2D eigenvalue weighted by Crippen LogP contribution is 2.29. The van der Waals surface area contributed by atoms with Gasteiger partial charge in [0.2, 0.25) is 11.9 Å². The minimum absolute atomic E-state index is 0.686. The lowest BCUT2D eigenvalue weighted by atomic mass is 10.0. The molecule has 6 rings (SSSR count). The average Bonchev–Trinajstić information content (AvgIpc) is 3.51. The van der Waals surface area contributed by atoms with E-state index < -0.39 is 0 Å². The molecule has 8 nitrogen and oxygen atoms in total. The predicted molar refractivity (Wildman–Crippen MR) is 144 cm³/mol. The van der Waals surface area contributed by atoms with Crippen LogP contribution < -0.4 is 20.1 Å². The van der Waals surface area contributed by atoms with Gasteiger partial charge in [-0.1, -0.05) is 12.1 Å². The van der Waals surface area contributed by atoms with E-state index >= 15 is 0 Å². The molecule has 0 saturated heterocycles. The second kappa shape index (κ2) is 8.99. The van der Waals surface area contributed by atoms with Crippen LogP contribution in [0.1, 0.15) is 0 Å². The summed E-state index contributed by atoms with van der Waals surface area (Å²) < 4.78 is 10.4. The van der Waals surface area contributed by atoms with Crippen molar-refractivity contribution >= 4 is 45.3 Å². The van der Waals surface area contributed by atoms with E-state index in [2.05, 4.69) is 54.8 Å². The summed E-state index contributed by atoms with van der Waals surface area (Å²) in [5, 5.41) is 6.62. The molecule has 178 valence electrons. The molecule has 0 atom stereocenters. The van der Waals surface area contributed by atoms with Gasteiger partial charge >= 0.3 is 0 Å². The van der Waals surface area contributed by atoms with Crippen LogP contribution in [0.25, 0.3) is 33.2 Å². The third kappa shape index (κ3) is 4.27. The van der Waals surface area contributed by atoms with E-state index in [-0.39, 0.29) is 0 Å². The number of ether oxygens (including phenoxy) is 2. The van der Waals surface area contributed by atoms with Crippen molar-refractivity contribution in [2.45, 2.75) is 0 Å². The monoisotopic (exact) mass is 476 g/mol. The summed E-state index contributed by atoms with van der Waals surface area (Å²) in [6.45, 7) is 0. The van der Waals surface area contributed by atoms with Gasteiger partial charge in [0.05, 0.1) is 36.3 Å². The second-order valence-corrected chi connectivity index (χ2v) is 8.34. The van der Waals surface area contributed by atoms with E-state index in [9.17, 15) is 0 Å². The molecule has 4 aromatic carbocycles. The molecule has 0 radical (unpaired) electrons. The molecule has 6 aromatic rings. The zero-order valence-electron chi connectivity index (χ0n) is 19.8. The Labute approximate surface area is 207 Å². The van der Waals surface area contributed by atoms with Crippen LogP contribution >= 0.6 is 0 Å². The normalized spacial score (nSPS) is 11.1. The van der Waals surface area contributed by atoms with Gasteiger partial charge in [0, 0.05) is 11.4 Å². The molecule has 0 aliphatic rings. The van der Waals surface area contributed by atoms with Gasteiger partial charge < -0.3 is 30.1 Å². The highest BCUT2D eigenvalue weighted by atomic mass is 16.5. The Balaban J connectivity index is 1.23. The molecule has 0 spiro atoms. The second-order valence-electron chi connectivity index (χ2n) is 8.34. The zero-order chi connectivity index (χ0) is 24.5. The fourth-order valence-electron chi connectivity index (χ4n) is 4.12. The molecule has 0 aliphatic heterocycles. The molecule has 0 fully saturated rings. The third-order valence-corrected chi connectivity index (χ3v) is 6.00. The van der Waals surface area contributed by atoms with Crippen LogP contribution in [0.15, 0.2) is 84.9 Å². The van der Waals surface area contributed by atoms with Gasteiger partial charge in [-0.05, 0) is 83.9 Å². The largest absolute Gasteiger partial charge is 0.497 e. The first-order valence-electron chi connectivity index (χ1n) is 11.5. The number of hydrogen-bond donors (Lipinski definition) is 4. The standard InChI is InChI=1S/C28H24N6O2/c1-35-21-9-5-19(6-10-21)29-27-31-23-13-3-17(15-25(23)33-27)18-4-14-24-26(16-18)34-28(32-24)30-20-7-11-22(36-2)12-8-20/h3-16H,1-2H3,(H2,29,31,33)(H2,30,32,34). The molecule has 0 saturated carbocycles. The minimum atomic E-state index is 0.686. The topological polar surface area (TPSA) is 99.9 Å². The first-order valence-corrected chi connectivity index (χ1v) is 11.5. The molecule has 2 aromatic heterocycles. The number of fused-ring (bicyclic) bond motifs is 2. The van der Waals surface area contributed by atoms with Crippen molar-refractivity contribution in [2.24, 2.45) is 0 Å². The average molecular weight is 477 g/mol. The molecule has 0 bridgehead atoms. The number of H-pyrrole nitrogens is 2. The van der Waals surface area contributed by atoms with E-state index in [0.717, 1.165) is 56.1 Å². The summed E-state index contributed by atoms with van der Waals surface area (Å²) in [5.74, 6) is 3.00. The predicted octanol–water partition coefficient (Wildman–Crippen LogP) is 6.61. The Hall–Kier alpha value is -4.98. The van der Waals surface area contributed by atoms with Crippen molar-refractivity contribution in [1.29, 1.82) is 0 Å². The summed E-state index contributed by atoms with van der Waals surface area (Å²) in [7, 11) is 3.31. The van der Waals surface area contributed by atoms with Crippen molar-refractivity contribution in [3.05, 3.63) is 84.9 Å². The summed E-state index contributed by atoms with van der Waals surface area (Å²) in [6, 6.07) is 27.9. The van der Waals surface area contributed by atoms with E-state index in [0.29, 0.717) is 11.9 Å². The highest BCUT2D eigenvalue weighted by molar-refractivity contribution is 5.88. The van der Waals surface area contributed by atoms with Gasteiger partial charge in [-0.3, -0.25) is 0 Å². The zero-order valence-corrected chi connectivity index (χ0v) is 19.8. The number of benzene rings is 4. The van der Waals surface area contributed by atoms with Crippen molar-refractivity contribution in [1.82, 2.24) is 19.9 Å². The lowest BCUT2D eigenvalue weighted by Gasteiger charge is -2.04. The van der Waals surface area contributed by atoms with Crippen molar-refractivity contribution in [3.63, 3.8) is 0 Å². The van der Waals surface area contributed by atoms with E-state index in [1.165, 1.54) is 0 Å². The van der Waals surface area contributed by atoms with Gasteiger partial charge in [-0.25, -0.2) is 9.97 Å². The van der Waals surface area contributed by atoms with Crippen molar-refractivity contribution in [2.75, 3.05) is 24.9 Å². The molecule has 36 heavy (non-hydrogen) atoms. The fourth-order valence-corrected chi connectivity index (χ4v) is 4.12. The van der Waals surface area contributed by atoms with E-state index in [1.807, 2.05) is 60.7 Å². The molecule has 0 amide bonds. The maximum absolute atomic E-state index is 5.22. The Morgan fingerprint density at radius 3 is 1.36 bits per heavy atom. The van der Waals surface area contributed by atoms with Gasteiger partial charge in [-0.15, -0.1) is 0 Å². The van der Waals surface area contributed by atoms with Crippen LogP contribution in [0.5, 0.6) is 11.5 Å². The number of imidazole rings is 2. The van der Waals surface area contributed by atoms with E-state index in [4.69, 9.17) is 9.47 Å². The minimum Gasteiger partial charge on any atom is -0.497 e. The fraction of sp³-hybridized carbons (Fsp3) is 0.0714. The van der Waals surface area contributed by atoms with Crippen molar-refractivity contribution < 1.29 is 9.47 Å². The summed E-state index contributed by atoms with van der Waals surface area (Å²) >= 11 is 0. The smallest absolute Gasteiger partial charge is 0.205 e. The quantitative estimate of drug-likeness (QED) is 0.207. The van der Waals surface area contributed by atoms with Crippen LogP contribution in [0.4, 0.5) is 23.3 Å². The van der Waals surface area contributed by atoms with Crippen LogP contribution in [0, 0.1) is 0 Å². The lowest BCUT2D eigenvalue weighted by molar-refractivity contribution is 0.415. The van der Waals surface area contributed by atoms with Crippen LogP contribution in [-0.2, 0) is 0 Å². The third-order valence-electron chi connectivity index (χ3n) is 6.00. The number of anilines is 4. The maximum Gasteiger partial charge on any atom is 0.205 e. The molecule has 2 heterocycles. The summed E-state index contributed by atoms with van der Waals surface area (Å²) in [6.07, 6.45) is 0. The number of nitrogens with zero attached hydrogens (tertiary/aromatic N) is 2. The van der Waals surface area contributed by atoms with Gasteiger partial charge in [0.15, 0.2) is 0 Å². The highest BCUT2D eigenvalue weighted by Gasteiger charge is 2.09. The van der Waals surface area contributed by atoms with Crippen LogP contribution in [0.3, 0.4) is 0 Å². The SMILES string of the molecule is COc1ccc(Nc2nc3ccc(-c4ccc5nc(Nc6ccc(OC)cc6)[nH]c5c4)cc3[nH]2)cc1. The molecular formula is C28H24N6O2. The Morgan fingerprint density at radius 1 is 0.556 bits per heavy atom. The Bertz CT molecular complexity index is 1530. The number of aromatic nitrogens is 4. The van der Waals surface area contributed by atoms with Gasteiger partial charge in [0.1, 0.15) is 11.5 Å². The summed E-state index contributed by atoms with van der Waals surface area (Å²) in [4.78, 5) is 16.1. The molecule has 8 heteroatoms. The first kappa shape index (κ1) is 21.5. The lowest BCUT2D eigenvalue weighted by Crippen LogP contribution is -1.92. The number of aromatic amines is 2. The molecule has 0 aliphatic carbocycles. The molecule has 4 N–H and O–H groups in total. The van der Waals surface area contributed by atoms with Gasteiger partial charge in [-0.2, -0.15) is 0 Å². The first-order chi connectivity index (χ1) is 17.7. The number of rotatable bonds is 7. The van der Waals surface area contributed by atoms with Gasteiger partial charge in [0.25, 0.3) is 0 Å².